The van der Waals surface area contributed by atoms with Crippen LogP contribution in [0.15, 0.2) is 33.1 Å². The van der Waals surface area contributed by atoms with Crippen molar-refractivity contribution in [1.82, 2.24) is 9.97 Å². The van der Waals surface area contributed by atoms with Gasteiger partial charge < -0.3 is 5.73 Å². The SMILES string of the molecule is CC=C(Sc1ncc(Cl)nc1N)C(Cl)=C(C)F. The zero-order chi connectivity index (χ0) is 13.0. The average Bonchev–Trinajstić information content (AvgIpc) is 2.27. The van der Waals surface area contributed by atoms with Crippen molar-refractivity contribution in [1.29, 1.82) is 0 Å². The Morgan fingerprint density at radius 1 is 1.59 bits per heavy atom. The van der Waals surface area contributed by atoms with E-state index in [4.69, 9.17) is 28.9 Å². The van der Waals surface area contributed by atoms with Gasteiger partial charge in [0.2, 0.25) is 0 Å². The summed E-state index contributed by atoms with van der Waals surface area (Å²) in [5.41, 5.74) is 5.64. The van der Waals surface area contributed by atoms with Gasteiger partial charge in [0.05, 0.1) is 11.2 Å². The number of rotatable bonds is 3. The van der Waals surface area contributed by atoms with Gasteiger partial charge in [-0.05, 0) is 13.8 Å². The van der Waals surface area contributed by atoms with E-state index in [-0.39, 0.29) is 16.0 Å². The van der Waals surface area contributed by atoms with Crippen LogP contribution in [0, 0.1) is 0 Å². The maximum Gasteiger partial charge on any atom is 0.158 e. The molecule has 0 aliphatic carbocycles. The highest BCUT2D eigenvalue weighted by Crippen LogP contribution is 2.36. The summed E-state index contributed by atoms with van der Waals surface area (Å²) in [4.78, 5) is 8.37. The van der Waals surface area contributed by atoms with Crippen LogP contribution in [-0.2, 0) is 0 Å². The molecule has 0 aromatic carbocycles. The fourth-order valence-electron chi connectivity index (χ4n) is 0.953. The highest BCUT2D eigenvalue weighted by Gasteiger charge is 2.12. The molecule has 1 aromatic rings. The van der Waals surface area contributed by atoms with Crippen LogP contribution in [0.5, 0.6) is 0 Å². The molecule has 0 saturated carbocycles. The molecule has 2 N–H and O–H groups in total. The van der Waals surface area contributed by atoms with Crippen LogP contribution >= 0.6 is 35.0 Å². The van der Waals surface area contributed by atoms with Crippen molar-refractivity contribution in [2.24, 2.45) is 0 Å². The second kappa shape index (κ2) is 6.23. The monoisotopic (exact) mass is 293 g/mol. The number of anilines is 1. The summed E-state index contributed by atoms with van der Waals surface area (Å²) < 4.78 is 13.0. The quantitative estimate of drug-likeness (QED) is 0.672. The van der Waals surface area contributed by atoms with Gasteiger partial charge in [0.15, 0.2) is 5.82 Å². The lowest BCUT2D eigenvalue weighted by Crippen LogP contribution is -1.96. The van der Waals surface area contributed by atoms with Crippen molar-refractivity contribution >= 4 is 40.8 Å². The van der Waals surface area contributed by atoms with Crippen molar-refractivity contribution in [2.45, 2.75) is 18.9 Å². The van der Waals surface area contributed by atoms with Gasteiger partial charge in [0.1, 0.15) is 16.0 Å². The Hall–Kier alpha value is -0.780. The standard InChI is InChI=1S/C10H10Cl2FN3S/c1-3-6(8(12)5(2)13)17-10-9(14)16-7(11)4-15-10/h3-4H,1-2H3,(H2,14,16). The van der Waals surface area contributed by atoms with E-state index in [0.29, 0.717) is 9.93 Å². The minimum Gasteiger partial charge on any atom is -0.381 e. The number of hydrogen-bond donors (Lipinski definition) is 1. The van der Waals surface area contributed by atoms with Gasteiger partial charge in [-0.2, -0.15) is 0 Å². The van der Waals surface area contributed by atoms with Gasteiger partial charge >= 0.3 is 0 Å². The lowest BCUT2D eigenvalue weighted by molar-refractivity contribution is 0.637. The molecule has 0 radical (unpaired) electrons. The smallest absolute Gasteiger partial charge is 0.158 e. The van der Waals surface area contributed by atoms with Gasteiger partial charge in [-0.15, -0.1) is 0 Å². The van der Waals surface area contributed by atoms with E-state index in [1.54, 1.807) is 13.0 Å². The van der Waals surface area contributed by atoms with Gasteiger partial charge in [-0.25, -0.2) is 14.4 Å². The fraction of sp³-hybridized carbons (Fsp3) is 0.200. The topological polar surface area (TPSA) is 51.8 Å². The van der Waals surface area contributed by atoms with Crippen LogP contribution in [-0.4, -0.2) is 9.97 Å². The Balaban J connectivity index is 3.01. The van der Waals surface area contributed by atoms with E-state index >= 15 is 0 Å². The summed E-state index contributed by atoms with van der Waals surface area (Å²) >= 11 is 12.6. The summed E-state index contributed by atoms with van der Waals surface area (Å²) in [6.07, 6.45) is 3.04. The average molecular weight is 294 g/mol. The predicted octanol–water partition coefficient (Wildman–Crippen LogP) is 4.15. The molecule has 0 spiro atoms. The Labute approximate surface area is 113 Å². The van der Waals surface area contributed by atoms with Crippen LogP contribution in [0.3, 0.4) is 0 Å². The molecule has 0 amide bonds. The second-order valence-corrected chi connectivity index (χ2v) is 4.78. The minimum absolute atomic E-state index is 0.0358. The first-order valence-corrected chi connectivity index (χ1v) is 6.17. The van der Waals surface area contributed by atoms with Crippen molar-refractivity contribution in [3.63, 3.8) is 0 Å². The van der Waals surface area contributed by atoms with E-state index in [2.05, 4.69) is 9.97 Å². The van der Waals surface area contributed by atoms with Crippen molar-refractivity contribution in [2.75, 3.05) is 5.73 Å². The van der Waals surface area contributed by atoms with Gasteiger partial charge in [-0.1, -0.05) is 41.0 Å². The molecule has 1 heterocycles. The number of halogens is 3. The summed E-state index contributed by atoms with van der Waals surface area (Å²) in [6, 6.07) is 0. The van der Waals surface area contributed by atoms with Crippen LogP contribution in [0.2, 0.25) is 5.15 Å². The second-order valence-electron chi connectivity index (χ2n) is 2.99. The molecule has 0 bridgehead atoms. The number of thioether (sulfide) groups is 1. The summed E-state index contributed by atoms with van der Waals surface area (Å²) in [7, 11) is 0. The summed E-state index contributed by atoms with van der Waals surface area (Å²) in [5.74, 6) is -0.282. The first-order chi connectivity index (χ1) is 7.95. The maximum atomic E-state index is 13.0. The van der Waals surface area contributed by atoms with Crippen LogP contribution < -0.4 is 5.73 Å². The molecular formula is C10H10Cl2FN3S. The number of nitrogens with two attached hydrogens (primary N) is 1. The molecular weight excluding hydrogens is 284 g/mol. The third-order valence-electron chi connectivity index (χ3n) is 1.72. The molecule has 0 aliphatic rings. The number of nitrogen functional groups attached to an aromatic ring is 1. The fourth-order valence-corrected chi connectivity index (χ4v) is 2.13. The Morgan fingerprint density at radius 2 is 2.24 bits per heavy atom. The Bertz CT molecular complexity index is 484. The molecule has 0 saturated heterocycles. The van der Waals surface area contributed by atoms with Crippen molar-refractivity contribution < 1.29 is 4.39 Å². The highest BCUT2D eigenvalue weighted by molar-refractivity contribution is 8.03. The molecule has 92 valence electrons. The van der Waals surface area contributed by atoms with Crippen molar-refractivity contribution in [3.05, 3.63) is 33.2 Å². The first kappa shape index (κ1) is 14.3. The highest BCUT2D eigenvalue weighted by atomic mass is 35.5. The molecule has 0 aliphatic heterocycles. The molecule has 7 heteroatoms. The third kappa shape index (κ3) is 3.87. The lowest BCUT2D eigenvalue weighted by atomic mass is 10.4. The minimum atomic E-state index is -0.465. The lowest BCUT2D eigenvalue weighted by Gasteiger charge is -2.07. The van der Waals surface area contributed by atoms with Gasteiger partial charge in [-0.3, -0.25) is 0 Å². The van der Waals surface area contributed by atoms with E-state index in [0.717, 1.165) is 11.8 Å². The number of nitrogens with zero attached hydrogens (tertiary/aromatic N) is 2. The Kier molecular flexibility index (Phi) is 5.24. The van der Waals surface area contributed by atoms with Crippen molar-refractivity contribution in [3.8, 4) is 0 Å². The van der Waals surface area contributed by atoms with Crippen LogP contribution in [0.4, 0.5) is 10.2 Å². The van der Waals surface area contributed by atoms with E-state index in [9.17, 15) is 4.39 Å². The third-order valence-corrected chi connectivity index (χ3v) is 3.65. The predicted molar refractivity (Wildman–Crippen MR) is 70.7 cm³/mol. The summed E-state index contributed by atoms with van der Waals surface area (Å²) in [5, 5.41) is 0.674. The maximum absolute atomic E-state index is 13.0. The van der Waals surface area contributed by atoms with Gasteiger partial charge in [0, 0.05) is 4.91 Å². The number of aromatic nitrogens is 2. The molecule has 0 fully saturated rings. The number of hydrogen-bond acceptors (Lipinski definition) is 4. The van der Waals surface area contributed by atoms with E-state index in [1.807, 2.05) is 0 Å². The number of allylic oxidation sites excluding steroid dienone is 3. The van der Waals surface area contributed by atoms with E-state index in [1.165, 1.54) is 13.1 Å². The normalized spacial score (nSPS) is 13.6. The molecule has 1 aromatic heterocycles. The largest absolute Gasteiger partial charge is 0.381 e. The molecule has 1 rings (SSSR count). The zero-order valence-corrected chi connectivity index (χ0v) is 11.5. The van der Waals surface area contributed by atoms with E-state index < -0.39 is 5.83 Å². The van der Waals surface area contributed by atoms with Crippen LogP contribution in [0.25, 0.3) is 0 Å². The molecule has 0 atom stereocenters. The van der Waals surface area contributed by atoms with Crippen LogP contribution in [0.1, 0.15) is 13.8 Å². The Morgan fingerprint density at radius 3 is 2.71 bits per heavy atom. The molecule has 0 unspecified atom stereocenters. The summed E-state index contributed by atoms with van der Waals surface area (Å²) in [6.45, 7) is 3.02. The molecule has 3 nitrogen and oxygen atoms in total. The molecule has 17 heavy (non-hydrogen) atoms. The first-order valence-electron chi connectivity index (χ1n) is 4.60. The van der Waals surface area contributed by atoms with Gasteiger partial charge in [0.25, 0.3) is 0 Å². The zero-order valence-electron chi connectivity index (χ0n) is 9.17.